The van der Waals surface area contributed by atoms with E-state index in [-0.39, 0.29) is 24.1 Å². The third kappa shape index (κ3) is 4.95. The lowest BCUT2D eigenvalue weighted by Gasteiger charge is -2.26. The summed E-state index contributed by atoms with van der Waals surface area (Å²) in [5, 5.41) is 3.49. The number of carbonyl (C=O) groups excluding carboxylic acids is 3. The third-order valence-electron chi connectivity index (χ3n) is 6.36. The number of anilines is 2. The van der Waals surface area contributed by atoms with Crippen molar-refractivity contribution in [3.8, 4) is 0 Å². The molecule has 2 aromatic rings. The molecule has 3 heterocycles. The summed E-state index contributed by atoms with van der Waals surface area (Å²) in [4.78, 5) is 47.5. The molecule has 4 rings (SSSR count). The van der Waals surface area contributed by atoms with E-state index in [0.29, 0.717) is 43.5 Å². The lowest BCUT2D eigenvalue weighted by molar-refractivity contribution is -0.132. The molecule has 1 aromatic heterocycles. The molecule has 1 atom stereocenters. The standard InChI is InChI=1S/C25H32N4O3S/c1-5-17-8-6-7-16(4)23(17)29-13-18(12-22(29)31)24(32)27-25-26-19-9-10-28(14-20(19)33-25)21(30)11-15(2)3/h6-8,15,18H,5,9-14H2,1-4H3,(H,26,27,32). The van der Waals surface area contributed by atoms with Crippen LogP contribution in [0.2, 0.25) is 0 Å². The molecule has 176 valence electrons. The van der Waals surface area contributed by atoms with Crippen LogP contribution in [0.25, 0.3) is 0 Å². The van der Waals surface area contributed by atoms with Crippen molar-refractivity contribution in [3.05, 3.63) is 39.9 Å². The number of nitrogens with zero attached hydrogens (tertiary/aromatic N) is 3. The van der Waals surface area contributed by atoms with E-state index in [0.717, 1.165) is 33.8 Å². The van der Waals surface area contributed by atoms with Crippen LogP contribution in [0.3, 0.4) is 0 Å². The Morgan fingerprint density at radius 3 is 2.82 bits per heavy atom. The van der Waals surface area contributed by atoms with Crippen molar-refractivity contribution in [1.82, 2.24) is 9.88 Å². The number of nitrogens with one attached hydrogen (secondary N) is 1. The zero-order chi connectivity index (χ0) is 23.7. The normalized spacial score (nSPS) is 18.1. The van der Waals surface area contributed by atoms with E-state index in [1.165, 1.54) is 11.3 Å². The molecular formula is C25H32N4O3S. The first-order chi connectivity index (χ1) is 15.8. The average Bonchev–Trinajstić information content (AvgIpc) is 3.35. The molecule has 2 aliphatic rings. The first kappa shape index (κ1) is 23.4. The summed E-state index contributed by atoms with van der Waals surface area (Å²) in [5.74, 6) is -0.0982. The summed E-state index contributed by atoms with van der Waals surface area (Å²) in [5.41, 5.74) is 4.07. The number of aromatic nitrogens is 1. The summed E-state index contributed by atoms with van der Waals surface area (Å²) >= 11 is 1.43. The number of rotatable bonds is 6. The van der Waals surface area contributed by atoms with Crippen molar-refractivity contribution in [2.45, 2.75) is 59.9 Å². The van der Waals surface area contributed by atoms with Gasteiger partial charge in [-0.2, -0.15) is 0 Å². The minimum absolute atomic E-state index is 0.0168. The maximum absolute atomic E-state index is 13.0. The molecule has 1 aromatic carbocycles. The molecule has 3 amide bonds. The predicted octanol–water partition coefficient (Wildman–Crippen LogP) is 3.94. The van der Waals surface area contributed by atoms with Crippen LogP contribution in [0.4, 0.5) is 10.8 Å². The number of carbonyl (C=O) groups is 3. The smallest absolute Gasteiger partial charge is 0.231 e. The van der Waals surface area contributed by atoms with E-state index in [1.54, 1.807) is 4.90 Å². The number of benzene rings is 1. The van der Waals surface area contributed by atoms with Crippen LogP contribution in [-0.4, -0.2) is 40.7 Å². The van der Waals surface area contributed by atoms with Crippen LogP contribution < -0.4 is 10.2 Å². The second-order valence-electron chi connectivity index (χ2n) is 9.38. The molecule has 7 nitrogen and oxygen atoms in total. The van der Waals surface area contributed by atoms with E-state index in [1.807, 2.05) is 43.9 Å². The number of para-hydroxylation sites is 1. The quantitative estimate of drug-likeness (QED) is 0.696. The van der Waals surface area contributed by atoms with Crippen LogP contribution in [0.5, 0.6) is 0 Å². The van der Waals surface area contributed by atoms with Gasteiger partial charge < -0.3 is 15.1 Å². The first-order valence-corrected chi connectivity index (χ1v) is 12.5. The molecule has 0 bridgehead atoms. The second kappa shape index (κ2) is 9.63. The van der Waals surface area contributed by atoms with Gasteiger partial charge in [0.05, 0.1) is 18.2 Å². The second-order valence-corrected chi connectivity index (χ2v) is 10.5. The Morgan fingerprint density at radius 2 is 2.09 bits per heavy atom. The highest BCUT2D eigenvalue weighted by molar-refractivity contribution is 7.15. The van der Waals surface area contributed by atoms with Crippen LogP contribution in [-0.2, 0) is 33.8 Å². The Bertz CT molecular complexity index is 1080. The molecule has 1 N–H and O–H groups in total. The molecule has 2 aliphatic heterocycles. The topological polar surface area (TPSA) is 82.6 Å². The third-order valence-corrected chi connectivity index (χ3v) is 7.36. The molecular weight excluding hydrogens is 436 g/mol. The van der Waals surface area contributed by atoms with Crippen LogP contribution in [0.15, 0.2) is 18.2 Å². The maximum Gasteiger partial charge on any atom is 0.231 e. The highest BCUT2D eigenvalue weighted by Gasteiger charge is 2.37. The van der Waals surface area contributed by atoms with E-state index < -0.39 is 5.92 Å². The Labute approximate surface area is 199 Å². The van der Waals surface area contributed by atoms with Crippen molar-refractivity contribution in [2.24, 2.45) is 11.8 Å². The van der Waals surface area contributed by atoms with Gasteiger partial charge >= 0.3 is 0 Å². The summed E-state index contributed by atoms with van der Waals surface area (Å²) in [6, 6.07) is 6.05. The van der Waals surface area contributed by atoms with Crippen molar-refractivity contribution in [2.75, 3.05) is 23.3 Å². The molecule has 0 aliphatic carbocycles. The van der Waals surface area contributed by atoms with Gasteiger partial charge in [0.15, 0.2) is 5.13 Å². The Balaban J connectivity index is 1.42. The van der Waals surface area contributed by atoms with Gasteiger partial charge in [-0.1, -0.05) is 50.3 Å². The average molecular weight is 469 g/mol. The zero-order valence-corrected chi connectivity index (χ0v) is 20.6. The lowest BCUT2D eigenvalue weighted by Crippen LogP contribution is -2.36. The van der Waals surface area contributed by atoms with Crippen LogP contribution in [0, 0.1) is 18.8 Å². The van der Waals surface area contributed by atoms with Gasteiger partial charge in [0, 0.05) is 42.9 Å². The van der Waals surface area contributed by atoms with Crippen molar-refractivity contribution in [3.63, 3.8) is 0 Å². The maximum atomic E-state index is 13.0. The SMILES string of the molecule is CCc1cccc(C)c1N1CC(C(=O)Nc2nc3c(s2)CN(C(=O)CC(C)C)CC3)CC1=O. The van der Waals surface area contributed by atoms with Gasteiger partial charge in [-0.15, -0.1) is 0 Å². The number of hydrogen-bond donors (Lipinski definition) is 1. The highest BCUT2D eigenvalue weighted by Crippen LogP contribution is 2.33. The lowest BCUT2D eigenvalue weighted by atomic mass is 10.0. The van der Waals surface area contributed by atoms with E-state index in [9.17, 15) is 14.4 Å². The molecule has 1 fully saturated rings. The number of aryl methyl sites for hydroxylation is 2. The predicted molar refractivity (Wildman–Crippen MR) is 130 cm³/mol. The molecule has 0 saturated carbocycles. The monoisotopic (exact) mass is 468 g/mol. The largest absolute Gasteiger partial charge is 0.337 e. The molecule has 8 heteroatoms. The molecule has 1 saturated heterocycles. The Kier molecular flexibility index (Phi) is 6.83. The van der Waals surface area contributed by atoms with E-state index in [2.05, 4.69) is 17.2 Å². The molecule has 33 heavy (non-hydrogen) atoms. The fourth-order valence-electron chi connectivity index (χ4n) is 4.64. The molecule has 0 spiro atoms. The van der Waals surface area contributed by atoms with Gasteiger partial charge in [0.25, 0.3) is 0 Å². The van der Waals surface area contributed by atoms with Gasteiger partial charge in [-0.3, -0.25) is 14.4 Å². The van der Waals surface area contributed by atoms with Gasteiger partial charge in [-0.25, -0.2) is 4.98 Å². The van der Waals surface area contributed by atoms with Gasteiger partial charge in [-0.05, 0) is 30.4 Å². The summed E-state index contributed by atoms with van der Waals surface area (Å²) in [6.07, 6.45) is 2.28. The summed E-state index contributed by atoms with van der Waals surface area (Å²) in [7, 11) is 0. The van der Waals surface area contributed by atoms with Crippen LogP contribution in [0.1, 0.15) is 55.3 Å². The van der Waals surface area contributed by atoms with Gasteiger partial charge in [0.1, 0.15) is 0 Å². The zero-order valence-electron chi connectivity index (χ0n) is 19.8. The van der Waals surface area contributed by atoms with Gasteiger partial charge in [0.2, 0.25) is 17.7 Å². The van der Waals surface area contributed by atoms with Crippen molar-refractivity contribution < 1.29 is 14.4 Å². The molecule has 1 unspecified atom stereocenters. The Morgan fingerprint density at radius 1 is 1.30 bits per heavy atom. The highest BCUT2D eigenvalue weighted by atomic mass is 32.1. The van der Waals surface area contributed by atoms with E-state index in [4.69, 9.17) is 0 Å². The number of fused-ring (bicyclic) bond motifs is 1. The minimum Gasteiger partial charge on any atom is -0.337 e. The number of thiazole rings is 1. The fourth-order valence-corrected chi connectivity index (χ4v) is 5.66. The molecule has 0 radical (unpaired) electrons. The van der Waals surface area contributed by atoms with Crippen molar-refractivity contribution in [1.29, 1.82) is 0 Å². The number of hydrogen-bond acceptors (Lipinski definition) is 5. The van der Waals surface area contributed by atoms with Crippen LogP contribution >= 0.6 is 11.3 Å². The van der Waals surface area contributed by atoms with Crippen molar-refractivity contribution >= 4 is 39.9 Å². The Hall–Kier alpha value is -2.74. The summed E-state index contributed by atoms with van der Waals surface area (Å²) < 4.78 is 0. The van der Waals surface area contributed by atoms with E-state index >= 15 is 0 Å². The fraction of sp³-hybridized carbons (Fsp3) is 0.520. The summed E-state index contributed by atoms with van der Waals surface area (Å²) in [6.45, 7) is 9.77. The minimum atomic E-state index is -0.410. The first-order valence-electron chi connectivity index (χ1n) is 11.7. The number of amides is 3.